The zero-order chi connectivity index (χ0) is 47.1. The third kappa shape index (κ3) is 36.4. The summed E-state index contributed by atoms with van der Waals surface area (Å²) < 4.78 is 0. The maximum absolute atomic E-state index is 5.48. The number of nitrogens with zero attached hydrogens (tertiary/aromatic N) is 2. The summed E-state index contributed by atoms with van der Waals surface area (Å²) in [6.07, 6.45) is 65.7. The standard InChI is InChI=1S/C64H108N2.Ni/c1-5-9-13-15-17-19-21-23-25-27-29-31-33-35-37-39-41-43-45-51-59-53-47-49-57-61(59)65-63(55-11-7-3)64(56-12-8-4)66-62-58-50-48-54-60(62)52-46-44-42-40-38-36-34-32-30-28-26-24-22-20-18-16-14-10-6-2;/h41-44,47-50,53-54,57-58H,5-40,45-46,51-52,55-56H2,1-4H3;. The minimum Gasteiger partial charge on any atom is -0.251 e. The first-order chi connectivity index (χ1) is 32.7. The van der Waals surface area contributed by atoms with Gasteiger partial charge < -0.3 is 0 Å². The van der Waals surface area contributed by atoms with Crippen LogP contribution in [0.15, 0.2) is 82.8 Å². The first-order valence-electron chi connectivity index (χ1n) is 29.3. The van der Waals surface area contributed by atoms with Crippen LogP contribution >= 0.6 is 0 Å². The van der Waals surface area contributed by atoms with Gasteiger partial charge in [-0.3, -0.25) is 9.98 Å². The van der Waals surface area contributed by atoms with E-state index in [4.69, 9.17) is 9.98 Å². The van der Waals surface area contributed by atoms with Crippen LogP contribution in [0.1, 0.15) is 296 Å². The Balaban J connectivity index is 0.0000224. The average Bonchev–Trinajstić information content (AvgIpc) is 3.34. The molecule has 0 atom stereocenters. The molecule has 0 aliphatic heterocycles. The van der Waals surface area contributed by atoms with Crippen molar-refractivity contribution in [3.8, 4) is 0 Å². The van der Waals surface area contributed by atoms with Gasteiger partial charge in [-0.05, 0) is 100 Å². The smallest absolute Gasteiger partial charge is 0.0665 e. The van der Waals surface area contributed by atoms with Gasteiger partial charge in [0.2, 0.25) is 0 Å². The Hall–Kier alpha value is -2.25. The molecular formula is C64H108N2Ni. The van der Waals surface area contributed by atoms with Crippen molar-refractivity contribution in [2.24, 2.45) is 9.98 Å². The molecule has 0 unspecified atom stereocenters. The van der Waals surface area contributed by atoms with Crippen LogP contribution in [0, 0.1) is 0 Å². The van der Waals surface area contributed by atoms with E-state index in [1.165, 1.54) is 228 Å². The Kier molecular flexibility index (Phi) is 45.7. The number of para-hydroxylation sites is 2. The van der Waals surface area contributed by atoms with Gasteiger partial charge in [-0.2, -0.15) is 0 Å². The summed E-state index contributed by atoms with van der Waals surface area (Å²) in [6, 6.07) is 17.8. The first kappa shape index (κ1) is 62.8. The van der Waals surface area contributed by atoms with E-state index in [1.807, 2.05) is 0 Å². The number of benzene rings is 2. The number of hydrogen-bond acceptors (Lipinski definition) is 2. The molecule has 0 amide bonds. The summed E-state index contributed by atoms with van der Waals surface area (Å²) in [7, 11) is 0. The number of aryl methyl sites for hydroxylation is 2. The molecule has 0 aliphatic carbocycles. The Morgan fingerprint density at radius 3 is 0.866 bits per heavy atom. The quantitative estimate of drug-likeness (QED) is 0.0273. The van der Waals surface area contributed by atoms with Gasteiger partial charge in [-0.25, -0.2) is 0 Å². The molecule has 2 aromatic rings. The zero-order valence-electron chi connectivity index (χ0n) is 44.8. The molecule has 2 aromatic carbocycles. The Labute approximate surface area is 428 Å². The Morgan fingerprint density at radius 2 is 0.567 bits per heavy atom. The van der Waals surface area contributed by atoms with E-state index in [-0.39, 0.29) is 16.5 Å². The van der Waals surface area contributed by atoms with Crippen molar-refractivity contribution in [1.82, 2.24) is 0 Å². The van der Waals surface area contributed by atoms with Crippen molar-refractivity contribution in [2.45, 2.75) is 297 Å². The van der Waals surface area contributed by atoms with E-state index >= 15 is 0 Å². The normalized spacial score (nSPS) is 12.2. The van der Waals surface area contributed by atoms with E-state index in [1.54, 1.807) is 0 Å². The van der Waals surface area contributed by atoms with E-state index < -0.39 is 0 Å². The summed E-state index contributed by atoms with van der Waals surface area (Å²) >= 11 is 0. The SMILES string of the molecule is CCCCCCCCCCCCCCCCCC=CCCc1ccccc1N=C(CCCC)C(CCCC)=Nc1ccccc1CCC=CCCCCCCCCCCCCCCCCC.[Ni]. The van der Waals surface area contributed by atoms with E-state index in [0.717, 1.165) is 75.6 Å². The van der Waals surface area contributed by atoms with Crippen molar-refractivity contribution in [2.75, 3.05) is 0 Å². The topological polar surface area (TPSA) is 24.7 Å². The molecule has 0 aliphatic rings. The van der Waals surface area contributed by atoms with Crippen molar-refractivity contribution in [1.29, 1.82) is 0 Å². The molecular weight excluding hydrogens is 855 g/mol. The van der Waals surface area contributed by atoms with E-state index in [2.05, 4.69) is 101 Å². The second-order valence-electron chi connectivity index (χ2n) is 20.1. The first-order valence-corrected chi connectivity index (χ1v) is 29.3. The van der Waals surface area contributed by atoms with Crippen LogP contribution in [0.3, 0.4) is 0 Å². The van der Waals surface area contributed by atoms with Crippen molar-refractivity contribution >= 4 is 22.8 Å². The molecule has 67 heavy (non-hydrogen) atoms. The molecule has 0 radical (unpaired) electrons. The molecule has 3 heteroatoms. The van der Waals surface area contributed by atoms with Crippen LogP contribution in [0.2, 0.25) is 0 Å². The number of allylic oxidation sites excluding steroid dienone is 4. The molecule has 0 heterocycles. The molecule has 0 aromatic heterocycles. The van der Waals surface area contributed by atoms with Gasteiger partial charge in [0.25, 0.3) is 0 Å². The maximum Gasteiger partial charge on any atom is 0.0665 e. The summed E-state index contributed by atoms with van der Waals surface area (Å²) in [6.45, 7) is 9.20. The van der Waals surface area contributed by atoms with Crippen molar-refractivity contribution in [3.63, 3.8) is 0 Å². The minimum atomic E-state index is 0. The second kappa shape index (κ2) is 48.8. The average molecular weight is 964 g/mol. The molecule has 2 rings (SSSR count). The van der Waals surface area contributed by atoms with Crippen LogP contribution in [0.25, 0.3) is 0 Å². The van der Waals surface area contributed by atoms with Gasteiger partial charge in [-0.1, -0.05) is 281 Å². The molecule has 2 nitrogen and oxygen atoms in total. The summed E-state index contributed by atoms with van der Waals surface area (Å²) in [5, 5.41) is 0. The van der Waals surface area contributed by atoms with Gasteiger partial charge in [-0.15, -0.1) is 0 Å². The molecule has 0 fully saturated rings. The summed E-state index contributed by atoms with van der Waals surface area (Å²) in [5.74, 6) is 0. The Bertz CT molecular complexity index is 1370. The van der Waals surface area contributed by atoms with Crippen molar-refractivity contribution < 1.29 is 16.5 Å². The molecule has 0 saturated heterocycles. The monoisotopic (exact) mass is 963 g/mol. The number of unbranched alkanes of at least 4 members (excludes halogenated alkanes) is 32. The van der Waals surface area contributed by atoms with E-state index in [0.29, 0.717) is 0 Å². The Morgan fingerprint density at radius 1 is 0.313 bits per heavy atom. The fourth-order valence-corrected chi connectivity index (χ4v) is 9.39. The van der Waals surface area contributed by atoms with Crippen LogP contribution < -0.4 is 0 Å². The number of aliphatic imine (C=N–C) groups is 2. The van der Waals surface area contributed by atoms with Crippen molar-refractivity contribution in [3.05, 3.63) is 84.0 Å². The van der Waals surface area contributed by atoms with Crippen LogP contribution in [-0.4, -0.2) is 11.4 Å². The van der Waals surface area contributed by atoms with Gasteiger partial charge in [0, 0.05) is 16.5 Å². The largest absolute Gasteiger partial charge is 0.251 e. The number of hydrogen-bond donors (Lipinski definition) is 0. The molecule has 0 bridgehead atoms. The molecule has 0 spiro atoms. The molecule has 0 saturated carbocycles. The minimum absolute atomic E-state index is 0. The second-order valence-corrected chi connectivity index (χ2v) is 20.1. The van der Waals surface area contributed by atoms with E-state index in [9.17, 15) is 0 Å². The molecule has 384 valence electrons. The fraction of sp³-hybridized carbons (Fsp3) is 0.719. The van der Waals surface area contributed by atoms with Gasteiger partial charge in [0.15, 0.2) is 0 Å². The third-order valence-electron chi connectivity index (χ3n) is 13.8. The van der Waals surface area contributed by atoms with Gasteiger partial charge in [0.1, 0.15) is 0 Å². The summed E-state index contributed by atoms with van der Waals surface area (Å²) in [5.41, 5.74) is 7.37. The fourth-order valence-electron chi connectivity index (χ4n) is 9.39. The van der Waals surface area contributed by atoms with Gasteiger partial charge >= 0.3 is 0 Å². The molecule has 0 N–H and O–H groups in total. The van der Waals surface area contributed by atoms with Crippen LogP contribution in [-0.2, 0) is 29.3 Å². The third-order valence-corrected chi connectivity index (χ3v) is 13.8. The van der Waals surface area contributed by atoms with Crippen LogP contribution in [0.4, 0.5) is 11.4 Å². The predicted octanol–water partition coefficient (Wildman–Crippen LogP) is 22.4. The predicted molar refractivity (Wildman–Crippen MR) is 300 cm³/mol. The number of rotatable bonds is 47. The summed E-state index contributed by atoms with van der Waals surface area (Å²) in [4.78, 5) is 11.0. The zero-order valence-corrected chi connectivity index (χ0v) is 45.8. The van der Waals surface area contributed by atoms with Gasteiger partial charge in [0.05, 0.1) is 22.8 Å². The maximum atomic E-state index is 5.48. The van der Waals surface area contributed by atoms with Crippen LogP contribution in [0.5, 0.6) is 0 Å².